The molecule has 2 aromatic rings. The maximum atomic E-state index is 4.48. The van der Waals surface area contributed by atoms with Crippen molar-refractivity contribution in [1.29, 1.82) is 0 Å². The normalized spacial score (nSPS) is 21.4. The van der Waals surface area contributed by atoms with E-state index in [1.807, 2.05) is 11.8 Å². The Morgan fingerprint density at radius 1 is 0.947 bits per heavy atom. The molecule has 1 aliphatic heterocycles. The number of thiol groups is 1. The molecular weight excluding hydrogens is 288 g/mol. The van der Waals surface area contributed by atoms with Crippen molar-refractivity contribution in [2.45, 2.75) is 9.33 Å². The van der Waals surface area contributed by atoms with Crippen LogP contribution in [-0.4, -0.2) is 16.8 Å². The average molecular weight is 305 g/mol. The molecule has 0 bridgehead atoms. The van der Waals surface area contributed by atoms with E-state index >= 15 is 0 Å². The summed E-state index contributed by atoms with van der Waals surface area (Å²) in [4.78, 5) is 0. The van der Waals surface area contributed by atoms with Gasteiger partial charge in [0, 0.05) is 16.8 Å². The van der Waals surface area contributed by atoms with Crippen LogP contribution >= 0.6 is 36.2 Å². The zero-order valence-electron chi connectivity index (χ0n) is 10.5. The molecule has 19 heavy (non-hydrogen) atoms. The van der Waals surface area contributed by atoms with E-state index in [-0.39, 0.29) is 4.08 Å². The third-order valence-electron chi connectivity index (χ3n) is 3.32. The first-order valence-corrected chi connectivity index (χ1v) is 8.88. The first-order valence-electron chi connectivity index (χ1n) is 6.39. The SMILES string of the molecule is SCC1CSC(c2ccccc2)(c2ccccc2)S1. The molecule has 1 heterocycles. The molecule has 3 heteroatoms. The van der Waals surface area contributed by atoms with Gasteiger partial charge in [-0.05, 0) is 11.1 Å². The van der Waals surface area contributed by atoms with E-state index in [1.165, 1.54) is 11.1 Å². The van der Waals surface area contributed by atoms with Gasteiger partial charge in [0.25, 0.3) is 0 Å². The Bertz CT molecular complexity index is 485. The third-order valence-corrected chi connectivity index (χ3v) is 7.77. The van der Waals surface area contributed by atoms with Crippen LogP contribution in [0.15, 0.2) is 60.7 Å². The molecule has 0 spiro atoms. The molecule has 98 valence electrons. The second-order valence-electron chi connectivity index (χ2n) is 4.58. The summed E-state index contributed by atoms with van der Waals surface area (Å²) in [7, 11) is 0. The Labute approximate surface area is 128 Å². The predicted octanol–water partition coefficient (Wildman–Crippen LogP) is 4.67. The largest absolute Gasteiger partial charge is 0.178 e. The van der Waals surface area contributed by atoms with Gasteiger partial charge in [-0.15, -0.1) is 23.5 Å². The van der Waals surface area contributed by atoms with E-state index in [9.17, 15) is 0 Å². The van der Waals surface area contributed by atoms with E-state index < -0.39 is 0 Å². The van der Waals surface area contributed by atoms with Gasteiger partial charge in [-0.2, -0.15) is 12.6 Å². The second kappa shape index (κ2) is 5.86. The van der Waals surface area contributed by atoms with E-state index in [1.54, 1.807) is 0 Å². The minimum atomic E-state index is 0.0376. The summed E-state index contributed by atoms with van der Waals surface area (Å²) >= 11 is 8.58. The third kappa shape index (κ3) is 2.56. The molecule has 0 saturated carbocycles. The van der Waals surface area contributed by atoms with Gasteiger partial charge in [0.15, 0.2) is 0 Å². The van der Waals surface area contributed by atoms with Crippen LogP contribution < -0.4 is 0 Å². The number of hydrogen-bond donors (Lipinski definition) is 1. The van der Waals surface area contributed by atoms with Crippen LogP contribution in [0.2, 0.25) is 0 Å². The van der Waals surface area contributed by atoms with Crippen molar-refractivity contribution in [2.24, 2.45) is 0 Å². The van der Waals surface area contributed by atoms with Gasteiger partial charge in [-0.3, -0.25) is 0 Å². The highest BCUT2D eigenvalue weighted by Gasteiger charge is 2.43. The van der Waals surface area contributed by atoms with Gasteiger partial charge in [-0.25, -0.2) is 0 Å². The first kappa shape index (κ1) is 13.5. The topological polar surface area (TPSA) is 0 Å². The summed E-state index contributed by atoms with van der Waals surface area (Å²) in [5.74, 6) is 2.11. The smallest absolute Gasteiger partial charge is 0.112 e. The van der Waals surface area contributed by atoms with Gasteiger partial charge in [0.1, 0.15) is 4.08 Å². The number of thioether (sulfide) groups is 2. The summed E-state index contributed by atoms with van der Waals surface area (Å²) in [5, 5.41) is 0.619. The predicted molar refractivity (Wildman–Crippen MR) is 91.4 cm³/mol. The van der Waals surface area contributed by atoms with Gasteiger partial charge in [-0.1, -0.05) is 60.7 Å². The zero-order valence-corrected chi connectivity index (χ0v) is 13.1. The van der Waals surface area contributed by atoms with Crippen molar-refractivity contribution >= 4 is 36.2 Å². The van der Waals surface area contributed by atoms with Crippen LogP contribution in [0, 0.1) is 0 Å². The van der Waals surface area contributed by atoms with E-state index in [0.717, 1.165) is 11.5 Å². The molecule has 0 nitrogen and oxygen atoms in total. The quantitative estimate of drug-likeness (QED) is 0.819. The van der Waals surface area contributed by atoms with Crippen LogP contribution in [0.25, 0.3) is 0 Å². The van der Waals surface area contributed by atoms with Crippen molar-refractivity contribution < 1.29 is 0 Å². The molecule has 0 amide bonds. The molecule has 0 N–H and O–H groups in total. The molecule has 0 radical (unpaired) electrons. The average Bonchev–Trinajstić information content (AvgIpc) is 2.95. The molecule has 1 unspecified atom stereocenters. The Kier molecular flexibility index (Phi) is 4.15. The summed E-state index contributed by atoms with van der Waals surface area (Å²) in [6, 6.07) is 21.7. The van der Waals surface area contributed by atoms with Crippen molar-refractivity contribution in [2.75, 3.05) is 11.5 Å². The molecule has 1 aliphatic rings. The fourth-order valence-corrected chi connectivity index (χ4v) is 6.51. The van der Waals surface area contributed by atoms with E-state index in [4.69, 9.17) is 0 Å². The maximum Gasteiger partial charge on any atom is 0.112 e. The van der Waals surface area contributed by atoms with Crippen LogP contribution in [0.5, 0.6) is 0 Å². The van der Waals surface area contributed by atoms with Crippen LogP contribution in [-0.2, 0) is 4.08 Å². The fraction of sp³-hybridized carbons (Fsp3) is 0.250. The Balaban J connectivity index is 2.07. The standard InChI is InChI=1S/C16H16S3/c17-11-15-12-18-16(19-15,13-7-3-1-4-8-13)14-9-5-2-6-10-14/h1-10,15,17H,11-12H2. The summed E-state index contributed by atoms with van der Waals surface area (Å²) in [6.07, 6.45) is 0. The van der Waals surface area contributed by atoms with Crippen molar-refractivity contribution in [3.8, 4) is 0 Å². The second-order valence-corrected chi connectivity index (χ2v) is 7.95. The highest BCUT2D eigenvalue weighted by atomic mass is 32.2. The Morgan fingerprint density at radius 2 is 1.47 bits per heavy atom. The van der Waals surface area contributed by atoms with Crippen molar-refractivity contribution in [3.63, 3.8) is 0 Å². The van der Waals surface area contributed by atoms with E-state index in [0.29, 0.717) is 5.25 Å². The Morgan fingerprint density at radius 3 is 1.89 bits per heavy atom. The van der Waals surface area contributed by atoms with E-state index in [2.05, 4.69) is 85.1 Å². The summed E-state index contributed by atoms with van der Waals surface area (Å²) in [6.45, 7) is 0. The fourth-order valence-electron chi connectivity index (χ4n) is 2.39. The lowest BCUT2D eigenvalue weighted by molar-refractivity contribution is 1.08. The lowest BCUT2D eigenvalue weighted by Gasteiger charge is -2.29. The van der Waals surface area contributed by atoms with Crippen molar-refractivity contribution in [3.05, 3.63) is 71.8 Å². The highest BCUT2D eigenvalue weighted by molar-refractivity contribution is 8.21. The zero-order chi connectivity index (χ0) is 13.1. The molecule has 0 aromatic heterocycles. The molecule has 1 fully saturated rings. The molecule has 2 aromatic carbocycles. The van der Waals surface area contributed by atoms with Gasteiger partial charge in [0.2, 0.25) is 0 Å². The maximum absolute atomic E-state index is 4.48. The van der Waals surface area contributed by atoms with Gasteiger partial charge in [0.05, 0.1) is 0 Å². The number of hydrogen-bond acceptors (Lipinski definition) is 3. The minimum Gasteiger partial charge on any atom is -0.178 e. The first-order chi connectivity index (χ1) is 9.35. The van der Waals surface area contributed by atoms with Crippen molar-refractivity contribution in [1.82, 2.24) is 0 Å². The molecule has 1 atom stereocenters. The minimum absolute atomic E-state index is 0.0376. The van der Waals surface area contributed by atoms with Crippen LogP contribution in [0.1, 0.15) is 11.1 Å². The Hall–Kier alpha value is -0.510. The molecule has 0 aliphatic carbocycles. The molecule has 1 saturated heterocycles. The van der Waals surface area contributed by atoms with Gasteiger partial charge >= 0.3 is 0 Å². The lowest BCUT2D eigenvalue weighted by Crippen LogP contribution is -2.17. The highest BCUT2D eigenvalue weighted by Crippen LogP contribution is 2.59. The lowest BCUT2D eigenvalue weighted by atomic mass is 10.0. The summed E-state index contributed by atoms with van der Waals surface area (Å²) < 4.78 is 0.0376. The molecular formula is C16H16S3. The number of rotatable bonds is 3. The summed E-state index contributed by atoms with van der Waals surface area (Å²) in [5.41, 5.74) is 2.78. The number of benzene rings is 2. The van der Waals surface area contributed by atoms with Crippen LogP contribution in [0.3, 0.4) is 0 Å². The molecule has 3 rings (SSSR count). The van der Waals surface area contributed by atoms with Gasteiger partial charge < -0.3 is 0 Å². The monoisotopic (exact) mass is 304 g/mol. The van der Waals surface area contributed by atoms with Crippen LogP contribution in [0.4, 0.5) is 0 Å².